The van der Waals surface area contributed by atoms with Crippen LogP contribution in [0, 0.1) is 25.4 Å². The van der Waals surface area contributed by atoms with Gasteiger partial charge in [-0.25, -0.2) is 5.48 Å². The molecule has 10 heteroatoms. The maximum Gasteiger partial charge on any atom is 0.315 e. The average Bonchev–Trinajstić information content (AvgIpc) is 2.69. The molecule has 0 saturated heterocycles. The fourth-order valence-electron chi connectivity index (χ4n) is 1.66. The van der Waals surface area contributed by atoms with E-state index in [1.54, 1.807) is 0 Å². The highest BCUT2D eigenvalue weighted by atomic mass is 16.9. The van der Waals surface area contributed by atoms with Gasteiger partial charge in [0.25, 0.3) is 5.69 Å². The summed E-state index contributed by atoms with van der Waals surface area (Å²) in [5.41, 5.74) is 0.742. The third-order valence-electron chi connectivity index (χ3n) is 2.39. The molecule has 2 rings (SSSR count). The van der Waals surface area contributed by atoms with E-state index in [0.717, 1.165) is 6.07 Å². The Morgan fingerprint density at radius 3 is 2.44 bits per heavy atom. The van der Waals surface area contributed by atoms with Crippen LogP contribution in [0.3, 0.4) is 0 Å². The van der Waals surface area contributed by atoms with Crippen molar-refractivity contribution in [3.63, 3.8) is 0 Å². The Hall–Kier alpha value is -2.91. The average molecular weight is 254 g/mol. The first-order valence-electron chi connectivity index (χ1n) is 4.66. The smallest absolute Gasteiger partial charge is 0.295 e. The van der Waals surface area contributed by atoms with Crippen molar-refractivity contribution in [3.8, 4) is 0 Å². The number of non-ortho nitro benzene ring substituents is 1. The van der Waals surface area contributed by atoms with Crippen molar-refractivity contribution in [3.05, 3.63) is 42.1 Å². The van der Waals surface area contributed by atoms with Crippen LogP contribution in [-0.2, 0) is 4.94 Å². The van der Waals surface area contributed by atoms with Gasteiger partial charge in [-0.1, -0.05) is 6.08 Å². The van der Waals surface area contributed by atoms with E-state index in [0.29, 0.717) is 0 Å². The second-order valence-corrected chi connectivity index (χ2v) is 3.31. The number of hydrogen-bond acceptors (Lipinski definition) is 7. The minimum absolute atomic E-state index is 0.0370. The summed E-state index contributed by atoms with van der Waals surface area (Å²) in [5.74, 6) is 0. The maximum absolute atomic E-state index is 11.4. The van der Waals surface area contributed by atoms with E-state index in [-0.39, 0.29) is 21.2 Å². The van der Waals surface area contributed by atoms with E-state index in [2.05, 4.69) is 10.4 Å². The lowest BCUT2D eigenvalue weighted by Crippen LogP contribution is -2.34. The van der Waals surface area contributed by atoms with Crippen LogP contribution in [0.5, 0.6) is 0 Å². The fraction of sp³-hybridized carbons (Fsp3) is 0.125. The van der Waals surface area contributed by atoms with E-state index >= 15 is 0 Å². The first-order chi connectivity index (χ1) is 8.47. The number of hydrogen-bond donors (Lipinski definition) is 1. The van der Waals surface area contributed by atoms with E-state index in [4.69, 9.17) is 0 Å². The summed E-state index contributed by atoms with van der Waals surface area (Å²) in [6.45, 7) is 1.47. The molecule has 18 heavy (non-hydrogen) atoms. The summed E-state index contributed by atoms with van der Waals surface area (Å²) in [6, 6.07) is 0.781. The first kappa shape index (κ1) is 11.6. The van der Waals surface area contributed by atoms with Crippen molar-refractivity contribution in [2.75, 3.05) is 5.48 Å². The lowest BCUT2D eigenvalue weighted by Gasteiger charge is -1.98. The summed E-state index contributed by atoms with van der Waals surface area (Å²) >= 11 is 0. The predicted octanol–water partition coefficient (Wildman–Crippen LogP) is -0.436. The fourth-order valence-corrected chi connectivity index (χ4v) is 1.66. The largest absolute Gasteiger partial charge is 0.315 e. The highest BCUT2D eigenvalue weighted by Crippen LogP contribution is 2.24. The van der Waals surface area contributed by atoms with Gasteiger partial charge in [-0.15, -0.1) is 0 Å². The molecule has 0 atom stereocenters. The molecule has 0 aliphatic carbocycles. The van der Waals surface area contributed by atoms with Crippen molar-refractivity contribution < 1.29 is 14.8 Å². The first-order valence-corrected chi connectivity index (χ1v) is 4.66. The zero-order valence-corrected chi connectivity index (χ0v) is 8.95. The topological polar surface area (TPSA) is 134 Å². The molecular formula is C8H6N4O6. The van der Waals surface area contributed by atoms with Crippen LogP contribution in [0.2, 0.25) is 0 Å². The number of nitrogens with zero attached hydrogens (tertiary/aromatic N) is 3. The molecule has 0 saturated carbocycles. The number of rotatable bonds is 2. The van der Waals surface area contributed by atoms with E-state index in [1.165, 1.54) is 13.0 Å². The Balaban J connectivity index is 3.03. The molecule has 0 fully saturated rings. The monoisotopic (exact) mass is 254 g/mol. The molecule has 1 aromatic carbocycles. The summed E-state index contributed by atoms with van der Waals surface area (Å²) < 4.78 is 0. The van der Waals surface area contributed by atoms with Gasteiger partial charge in [0.05, 0.1) is 20.8 Å². The third-order valence-corrected chi connectivity index (χ3v) is 2.39. The van der Waals surface area contributed by atoms with Gasteiger partial charge in [0, 0.05) is 0 Å². The van der Waals surface area contributed by atoms with E-state index in [9.17, 15) is 25.4 Å². The molecule has 0 unspecified atom stereocenters. The van der Waals surface area contributed by atoms with Crippen LogP contribution >= 0.6 is 0 Å². The van der Waals surface area contributed by atoms with Crippen LogP contribution in [-0.4, -0.2) is 9.85 Å². The number of nitro groups is 2. The summed E-state index contributed by atoms with van der Waals surface area (Å²) in [5, 5.41) is 32.7. The van der Waals surface area contributed by atoms with Crippen LogP contribution in [0.4, 0.5) is 17.1 Å². The molecule has 94 valence electrons. The van der Waals surface area contributed by atoms with Crippen LogP contribution in [0.15, 0.2) is 6.07 Å². The minimum Gasteiger partial charge on any atom is -0.295 e. The van der Waals surface area contributed by atoms with Gasteiger partial charge >= 0.3 is 11.0 Å². The van der Waals surface area contributed by atoms with Crippen molar-refractivity contribution in [2.24, 2.45) is 0 Å². The molecule has 1 aliphatic rings. The lowest BCUT2D eigenvalue weighted by atomic mass is 10.2. The van der Waals surface area contributed by atoms with Gasteiger partial charge in [0.15, 0.2) is 0 Å². The second kappa shape index (κ2) is 3.84. The highest BCUT2D eigenvalue weighted by molar-refractivity contribution is 5.66. The molecular weight excluding hydrogens is 248 g/mol. The Kier molecular flexibility index (Phi) is 2.47. The number of benzene rings is 1. The number of anilines is 1. The molecule has 1 heterocycles. The van der Waals surface area contributed by atoms with Crippen LogP contribution in [0.25, 0.3) is 6.08 Å². The lowest BCUT2D eigenvalue weighted by molar-refractivity contribution is -0.394. The summed E-state index contributed by atoms with van der Waals surface area (Å²) in [7, 11) is 0. The molecule has 0 radical (unpaired) electrons. The molecule has 1 aliphatic heterocycles. The molecule has 1 aromatic rings. The number of nitro benzene ring substituents is 2. The minimum atomic E-state index is -0.833. The maximum atomic E-state index is 11.4. The highest BCUT2D eigenvalue weighted by Gasteiger charge is 2.32. The normalized spacial score (nSPS) is 13.8. The van der Waals surface area contributed by atoms with Crippen LogP contribution in [0.1, 0.15) is 6.92 Å². The molecule has 0 spiro atoms. The van der Waals surface area contributed by atoms with Crippen LogP contribution < -0.4 is 21.0 Å². The third kappa shape index (κ3) is 1.47. The van der Waals surface area contributed by atoms with Gasteiger partial charge in [0.1, 0.15) is 5.22 Å². The van der Waals surface area contributed by atoms with Crippen molar-refractivity contribution >= 4 is 23.1 Å². The van der Waals surface area contributed by atoms with Gasteiger partial charge in [-0.3, -0.25) is 30.4 Å². The Labute approximate surface area is 98.2 Å². The Bertz CT molecular complexity index is 682. The molecule has 0 amide bonds. The number of nitrogens with one attached hydrogen (secondary N) is 1. The summed E-state index contributed by atoms with van der Waals surface area (Å²) in [6.07, 6.45) is 1.31. The predicted molar refractivity (Wildman–Crippen MR) is 58.5 cm³/mol. The van der Waals surface area contributed by atoms with E-state index < -0.39 is 21.2 Å². The standard InChI is InChI=1S/C8H6N4O6/c1-2-4-5(10(13)14)3-6(11(15)16)7-8(4)12(17)18-9-7/h2-3,9H,1H3/b4-2-. The van der Waals surface area contributed by atoms with Crippen molar-refractivity contribution in [1.29, 1.82) is 0 Å². The van der Waals surface area contributed by atoms with Crippen molar-refractivity contribution in [2.45, 2.75) is 6.92 Å². The Morgan fingerprint density at radius 2 is 1.94 bits per heavy atom. The SMILES string of the molecule is C/C=c1/c([N+](=O)[O-])cc([N+](=O)[O-])c2c1=[N+]([O-])ON2. The number of fused-ring (bicyclic) bond motifs is 1. The second-order valence-electron chi connectivity index (χ2n) is 3.31. The quantitative estimate of drug-likeness (QED) is 0.429. The molecule has 10 nitrogen and oxygen atoms in total. The Morgan fingerprint density at radius 1 is 1.33 bits per heavy atom. The molecule has 1 N–H and O–H groups in total. The van der Waals surface area contributed by atoms with Gasteiger partial charge < -0.3 is 0 Å². The summed E-state index contributed by atoms with van der Waals surface area (Å²) in [4.78, 5) is 24.3. The van der Waals surface area contributed by atoms with E-state index in [1.807, 2.05) is 0 Å². The van der Waals surface area contributed by atoms with Crippen molar-refractivity contribution in [1.82, 2.24) is 4.90 Å². The van der Waals surface area contributed by atoms with Gasteiger partial charge in [-0.05, 0) is 6.92 Å². The van der Waals surface area contributed by atoms with Gasteiger partial charge in [0.2, 0.25) is 5.69 Å². The molecule has 0 bridgehead atoms. The zero-order valence-electron chi connectivity index (χ0n) is 8.95. The van der Waals surface area contributed by atoms with Gasteiger partial charge in [-0.2, -0.15) is 0 Å². The molecule has 0 aromatic heterocycles. The zero-order chi connectivity index (χ0) is 13.4.